The van der Waals surface area contributed by atoms with Gasteiger partial charge in [0.05, 0.1) is 0 Å². The maximum Gasteiger partial charge on any atom is 0.306 e. The summed E-state index contributed by atoms with van der Waals surface area (Å²) in [7, 11) is 0. The molecule has 0 rings (SSSR count). The van der Waals surface area contributed by atoms with E-state index >= 15 is 0 Å². The Balaban J connectivity index is 3.27. The normalized spacial score (nSPS) is 11.3. The van der Waals surface area contributed by atoms with Crippen LogP contribution in [0.4, 0.5) is 0 Å². The first-order chi connectivity index (χ1) is 8.81. The first-order valence-corrected chi connectivity index (χ1v) is 7.25. The minimum absolute atomic E-state index is 0.117. The summed E-state index contributed by atoms with van der Waals surface area (Å²) < 4.78 is 5.23. The lowest BCUT2D eigenvalue weighted by Crippen LogP contribution is -2.23. The zero-order valence-corrected chi connectivity index (χ0v) is 12.5. The lowest BCUT2D eigenvalue weighted by Gasteiger charge is -2.19. The fourth-order valence-corrected chi connectivity index (χ4v) is 1.82. The Labute approximate surface area is 116 Å². The van der Waals surface area contributed by atoms with Crippen molar-refractivity contribution in [2.45, 2.75) is 84.2 Å². The number of hydrogen-bond acceptors (Lipinski definition) is 3. The van der Waals surface area contributed by atoms with Crippen molar-refractivity contribution in [3.8, 4) is 0 Å². The molecular formula is C15H28O4. The van der Waals surface area contributed by atoms with Crippen LogP contribution in [0.1, 0.15) is 78.6 Å². The monoisotopic (exact) mass is 272 g/mol. The van der Waals surface area contributed by atoms with E-state index in [9.17, 15) is 9.59 Å². The predicted octanol–water partition coefficient (Wildman–Crippen LogP) is 3.92. The van der Waals surface area contributed by atoms with Gasteiger partial charge in [-0.2, -0.15) is 0 Å². The molecule has 112 valence electrons. The van der Waals surface area contributed by atoms with Crippen LogP contribution in [0, 0.1) is 0 Å². The molecule has 0 aromatic heterocycles. The van der Waals surface area contributed by atoms with Crippen molar-refractivity contribution in [2.75, 3.05) is 0 Å². The smallest absolute Gasteiger partial charge is 0.306 e. The summed E-state index contributed by atoms with van der Waals surface area (Å²) in [5.74, 6) is -0.827. The van der Waals surface area contributed by atoms with Gasteiger partial charge in [0.15, 0.2) is 0 Å². The summed E-state index contributed by atoms with van der Waals surface area (Å²) in [4.78, 5) is 21.7. The second-order valence-corrected chi connectivity index (χ2v) is 5.96. The van der Waals surface area contributed by atoms with Crippen LogP contribution in [0.3, 0.4) is 0 Å². The summed E-state index contributed by atoms with van der Waals surface area (Å²) in [6.07, 6.45) is 7.76. The number of unbranched alkanes of at least 4 members (excludes halogenated alkanes) is 6. The number of hydrogen-bond donors (Lipinski definition) is 1. The van der Waals surface area contributed by atoms with Crippen LogP contribution in [-0.4, -0.2) is 22.6 Å². The van der Waals surface area contributed by atoms with Crippen molar-refractivity contribution < 1.29 is 19.4 Å². The first-order valence-electron chi connectivity index (χ1n) is 7.25. The molecule has 0 aliphatic rings. The van der Waals surface area contributed by atoms with E-state index in [1.807, 2.05) is 20.8 Å². The van der Waals surface area contributed by atoms with Gasteiger partial charge in [0.2, 0.25) is 0 Å². The zero-order valence-electron chi connectivity index (χ0n) is 12.5. The molecule has 0 aliphatic carbocycles. The highest BCUT2D eigenvalue weighted by Gasteiger charge is 2.15. The molecule has 0 saturated heterocycles. The summed E-state index contributed by atoms with van der Waals surface area (Å²) in [6, 6.07) is 0. The largest absolute Gasteiger partial charge is 0.481 e. The topological polar surface area (TPSA) is 63.6 Å². The number of esters is 1. The van der Waals surface area contributed by atoms with Gasteiger partial charge in [0.25, 0.3) is 0 Å². The minimum atomic E-state index is -0.711. The highest BCUT2D eigenvalue weighted by molar-refractivity contribution is 5.69. The van der Waals surface area contributed by atoms with Crippen molar-refractivity contribution in [1.82, 2.24) is 0 Å². The molecule has 0 unspecified atom stereocenters. The van der Waals surface area contributed by atoms with Crippen LogP contribution in [0.2, 0.25) is 0 Å². The van der Waals surface area contributed by atoms with E-state index in [-0.39, 0.29) is 18.0 Å². The van der Waals surface area contributed by atoms with Crippen LogP contribution in [-0.2, 0) is 14.3 Å². The highest BCUT2D eigenvalue weighted by atomic mass is 16.6. The molecule has 1 N–H and O–H groups in total. The molecule has 0 amide bonds. The Hall–Kier alpha value is -1.06. The molecule has 0 aromatic rings. The fraction of sp³-hybridized carbons (Fsp3) is 0.867. The molecule has 0 aliphatic heterocycles. The summed E-state index contributed by atoms with van der Waals surface area (Å²) in [5, 5.41) is 8.47. The highest BCUT2D eigenvalue weighted by Crippen LogP contribution is 2.12. The third-order valence-electron chi connectivity index (χ3n) is 2.69. The van der Waals surface area contributed by atoms with Gasteiger partial charge in [0, 0.05) is 12.8 Å². The lowest BCUT2D eigenvalue weighted by molar-refractivity contribution is -0.155. The van der Waals surface area contributed by atoms with Gasteiger partial charge < -0.3 is 9.84 Å². The Morgan fingerprint density at radius 3 is 1.68 bits per heavy atom. The number of aliphatic carboxylic acids is 1. The van der Waals surface area contributed by atoms with E-state index in [1.165, 1.54) is 0 Å². The van der Waals surface area contributed by atoms with Crippen molar-refractivity contribution in [3.63, 3.8) is 0 Å². The molecule has 0 radical (unpaired) electrons. The van der Waals surface area contributed by atoms with Gasteiger partial charge in [-0.15, -0.1) is 0 Å². The van der Waals surface area contributed by atoms with Crippen LogP contribution in [0.25, 0.3) is 0 Å². The maximum absolute atomic E-state index is 11.4. The van der Waals surface area contributed by atoms with Crippen LogP contribution in [0.5, 0.6) is 0 Å². The zero-order chi connectivity index (χ0) is 14.7. The molecule has 0 saturated carbocycles. The van der Waals surface area contributed by atoms with Crippen molar-refractivity contribution in [3.05, 3.63) is 0 Å². The van der Waals surface area contributed by atoms with Crippen LogP contribution >= 0.6 is 0 Å². The number of carboxylic acid groups (broad SMARTS) is 1. The van der Waals surface area contributed by atoms with E-state index in [0.717, 1.165) is 44.9 Å². The molecule has 0 heterocycles. The first kappa shape index (κ1) is 17.9. The fourth-order valence-electron chi connectivity index (χ4n) is 1.82. The Bertz CT molecular complexity index is 266. The van der Waals surface area contributed by atoms with Crippen LogP contribution < -0.4 is 0 Å². The van der Waals surface area contributed by atoms with Gasteiger partial charge in [-0.1, -0.05) is 32.1 Å². The van der Waals surface area contributed by atoms with Crippen molar-refractivity contribution in [1.29, 1.82) is 0 Å². The van der Waals surface area contributed by atoms with Gasteiger partial charge >= 0.3 is 11.9 Å². The van der Waals surface area contributed by atoms with E-state index in [2.05, 4.69) is 0 Å². The SMILES string of the molecule is CC(C)(C)OC(=O)CCCCCCCCCC(=O)O. The lowest BCUT2D eigenvalue weighted by atomic mass is 10.1. The molecule has 0 bridgehead atoms. The quantitative estimate of drug-likeness (QED) is 0.483. The Kier molecular flexibility index (Phi) is 9.27. The average Bonchev–Trinajstić information content (AvgIpc) is 2.24. The van der Waals surface area contributed by atoms with Crippen molar-refractivity contribution in [2.24, 2.45) is 0 Å². The second-order valence-electron chi connectivity index (χ2n) is 5.96. The van der Waals surface area contributed by atoms with E-state index in [1.54, 1.807) is 0 Å². The van der Waals surface area contributed by atoms with E-state index < -0.39 is 5.97 Å². The number of carboxylic acids is 1. The molecule has 0 atom stereocenters. The second kappa shape index (κ2) is 9.82. The van der Waals surface area contributed by atoms with Gasteiger partial charge in [-0.25, -0.2) is 0 Å². The third-order valence-corrected chi connectivity index (χ3v) is 2.69. The average molecular weight is 272 g/mol. The third kappa shape index (κ3) is 14.9. The number of carbonyl (C=O) groups is 2. The Morgan fingerprint density at radius 1 is 0.842 bits per heavy atom. The van der Waals surface area contributed by atoms with E-state index in [0.29, 0.717) is 6.42 Å². The molecule has 4 nitrogen and oxygen atoms in total. The molecule has 0 fully saturated rings. The molecular weight excluding hydrogens is 244 g/mol. The molecule has 0 spiro atoms. The molecule has 19 heavy (non-hydrogen) atoms. The number of rotatable bonds is 10. The predicted molar refractivity (Wildman–Crippen MR) is 75.0 cm³/mol. The summed E-state index contributed by atoms with van der Waals surface area (Å²) >= 11 is 0. The maximum atomic E-state index is 11.4. The molecule has 0 aromatic carbocycles. The number of carbonyl (C=O) groups excluding carboxylic acids is 1. The van der Waals surface area contributed by atoms with Crippen LogP contribution in [0.15, 0.2) is 0 Å². The van der Waals surface area contributed by atoms with Crippen molar-refractivity contribution >= 4 is 11.9 Å². The summed E-state index contributed by atoms with van der Waals surface area (Å²) in [5.41, 5.74) is -0.388. The van der Waals surface area contributed by atoms with Gasteiger partial charge in [0.1, 0.15) is 5.60 Å². The minimum Gasteiger partial charge on any atom is -0.481 e. The Morgan fingerprint density at radius 2 is 1.26 bits per heavy atom. The van der Waals surface area contributed by atoms with Gasteiger partial charge in [-0.3, -0.25) is 9.59 Å². The molecule has 4 heteroatoms. The number of ether oxygens (including phenoxy) is 1. The van der Waals surface area contributed by atoms with Gasteiger partial charge in [-0.05, 0) is 33.6 Å². The standard InChI is InChI=1S/C15H28O4/c1-15(2,3)19-14(18)12-10-8-6-4-5-7-9-11-13(16)17/h4-12H2,1-3H3,(H,16,17). The van der Waals surface area contributed by atoms with E-state index in [4.69, 9.17) is 9.84 Å². The summed E-state index contributed by atoms with van der Waals surface area (Å²) in [6.45, 7) is 5.63.